The number of hydrogen-bond acceptors (Lipinski definition) is 2. The van der Waals surface area contributed by atoms with Gasteiger partial charge in [0.15, 0.2) is 0 Å². The number of nitrogens with zero attached hydrogens (tertiary/aromatic N) is 1. The third-order valence-electron chi connectivity index (χ3n) is 3.95. The van der Waals surface area contributed by atoms with E-state index in [4.69, 9.17) is 11.1 Å². The van der Waals surface area contributed by atoms with Crippen LogP contribution in [0.15, 0.2) is 30.3 Å². The van der Waals surface area contributed by atoms with E-state index >= 15 is 0 Å². The summed E-state index contributed by atoms with van der Waals surface area (Å²) >= 11 is 0. The predicted octanol–water partition coefficient (Wildman–Crippen LogP) is 3.64. The molecule has 20 heavy (non-hydrogen) atoms. The second-order valence-electron chi connectivity index (χ2n) is 6.11. The van der Waals surface area contributed by atoms with Gasteiger partial charge in [-0.25, -0.2) is 0 Å². The molecule has 1 aromatic carbocycles. The molecule has 0 amide bonds. The van der Waals surface area contributed by atoms with Crippen molar-refractivity contribution < 1.29 is 0 Å². The van der Waals surface area contributed by atoms with Crippen LogP contribution in [0.25, 0.3) is 0 Å². The lowest BCUT2D eigenvalue weighted by atomic mass is 9.86. The van der Waals surface area contributed by atoms with E-state index in [1.54, 1.807) is 0 Å². The van der Waals surface area contributed by atoms with E-state index in [0.29, 0.717) is 5.84 Å². The second kappa shape index (κ2) is 8.05. The Hall–Kier alpha value is -1.35. The lowest BCUT2D eigenvalue weighted by molar-refractivity contribution is 0.268. The van der Waals surface area contributed by atoms with Crippen molar-refractivity contribution in [2.45, 2.75) is 46.6 Å². The summed E-state index contributed by atoms with van der Waals surface area (Å²) in [7, 11) is 0. The monoisotopic (exact) mass is 275 g/mol. The van der Waals surface area contributed by atoms with Crippen molar-refractivity contribution in [1.82, 2.24) is 4.90 Å². The molecule has 0 heterocycles. The van der Waals surface area contributed by atoms with Crippen LogP contribution in [0.5, 0.6) is 0 Å². The number of nitrogens with one attached hydrogen (secondary N) is 1. The number of rotatable bonds is 9. The van der Waals surface area contributed by atoms with E-state index in [-0.39, 0.29) is 5.41 Å². The van der Waals surface area contributed by atoms with Gasteiger partial charge in [-0.15, -0.1) is 0 Å². The fourth-order valence-electron chi connectivity index (χ4n) is 2.23. The summed E-state index contributed by atoms with van der Waals surface area (Å²) in [5.41, 5.74) is 6.83. The highest BCUT2D eigenvalue weighted by atomic mass is 15.1. The number of amidine groups is 1. The van der Waals surface area contributed by atoms with Crippen LogP contribution >= 0.6 is 0 Å². The summed E-state index contributed by atoms with van der Waals surface area (Å²) in [6, 6.07) is 10.6. The predicted molar refractivity (Wildman–Crippen MR) is 86.9 cm³/mol. The molecular formula is C17H29N3. The number of nitrogens with two attached hydrogens (primary N) is 1. The average Bonchev–Trinajstić information content (AvgIpc) is 2.43. The summed E-state index contributed by atoms with van der Waals surface area (Å²) in [5, 5.41) is 7.57. The van der Waals surface area contributed by atoms with Gasteiger partial charge in [0.25, 0.3) is 0 Å². The second-order valence-corrected chi connectivity index (χ2v) is 6.11. The van der Waals surface area contributed by atoms with Crippen LogP contribution in [0.2, 0.25) is 0 Å². The molecule has 0 saturated heterocycles. The normalized spacial score (nSPS) is 11.8. The zero-order valence-electron chi connectivity index (χ0n) is 13.2. The Balaban J connectivity index is 2.30. The van der Waals surface area contributed by atoms with E-state index in [1.165, 1.54) is 5.56 Å². The molecule has 0 fully saturated rings. The Kier molecular flexibility index (Phi) is 6.73. The van der Waals surface area contributed by atoms with Gasteiger partial charge in [0, 0.05) is 12.0 Å². The summed E-state index contributed by atoms with van der Waals surface area (Å²) in [6.45, 7) is 9.52. The number of hydrogen-bond donors (Lipinski definition) is 2. The van der Waals surface area contributed by atoms with E-state index in [1.807, 2.05) is 0 Å². The lowest BCUT2D eigenvalue weighted by Crippen LogP contribution is -2.31. The fourth-order valence-corrected chi connectivity index (χ4v) is 2.23. The van der Waals surface area contributed by atoms with Crippen LogP contribution < -0.4 is 5.73 Å². The van der Waals surface area contributed by atoms with Crippen LogP contribution in [-0.4, -0.2) is 23.8 Å². The van der Waals surface area contributed by atoms with E-state index < -0.39 is 0 Å². The first-order valence-electron chi connectivity index (χ1n) is 7.56. The highest BCUT2D eigenvalue weighted by Gasteiger charge is 2.20. The average molecular weight is 275 g/mol. The van der Waals surface area contributed by atoms with Gasteiger partial charge in [-0.05, 0) is 31.5 Å². The summed E-state index contributed by atoms with van der Waals surface area (Å²) in [6.07, 6.45) is 3.28. The Bertz CT molecular complexity index is 398. The summed E-state index contributed by atoms with van der Waals surface area (Å²) in [4.78, 5) is 2.47. The molecule has 0 unspecified atom stereocenters. The first kappa shape index (κ1) is 16.7. The minimum atomic E-state index is -0.156. The van der Waals surface area contributed by atoms with Gasteiger partial charge in [-0.3, -0.25) is 10.3 Å². The molecule has 0 aromatic heterocycles. The van der Waals surface area contributed by atoms with Crippen molar-refractivity contribution in [3.8, 4) is 0 Å². The van der Waals surface area contributed by atoms with Crippen LogP contribution in [-0.2, 0) is 6.54 Å². The van der Waals surface area contributed by atoms with Crippen molar-refractivity contribution in [3.63, 3.8) is 0 Å². The first-order valence-corrected chi connectivity index (χ1v) is 7.56. The fraction of sp³-hybridized carbons (Fsp3) is 0.588. The van der Waals surface area contributed by atoms with Crippen molar-refractivity contribution >= 4 is 5.84 Å². The van der Waals surface area contributed by atoms with Gasteiger partial charge in [0.1, 0.15) is 0 Å². The van der Waals surface area contributed by atoms with Crippen molar-refractivity contribution in [2.75, 3.05) is 13.1 Å². The van der Waals surface area contributed by atoms with Crippen LogP contribution in [0.3, 0.4) is 0 Å². The van der Waals surface area contributed by atoms with E-state index in [0.717, 1.165) is 38.9 Å². The molecule has 0 bridgehead atoms. The number of unbranched alkanes of at least 4 members (excludes halogenated alkanes) is 1. The zero-order chi connectivity index (χ0) is 15.0. The third kappa shape index (κ3) is 5.74. The van der Waals surface area contributed by atoms with Gasteiger partial charge in [-0.2, -0.15) is 0 Å². The van der Waals surface area contributed by atoms with Gasteiger partial charge >= 0.3 is 0 Å². The number of benzene rings is 1. The van der Waals surface area contributed by atoms with Gasteiger partial charge in [-0.1, -0.05) is 57.5 Å². The largest absolute Gasteiger partial charge is 0.387 e. The third-order valence-corrected chi connectivity index (χ3v) is 3.95. The molecule has 112 valence electrons. The SMILES string of the molecule is CCN(CCCCC(C)(C)C(=N)N)Cc1ccccc1. The Labute approximate surface area is 123 Å². The van der Waals surface area contributed by atoms with Crippen LogP contribution in [0.1, 0.15) is 45.6 Å². The van der Waals surface area contributed by atoms with Gasteiger partial charge in [0.05, 0.1) is 5.84 Å². The first-order chi connectivity index (χ1) is 9.45. The molecule has 0 radical (unpaired) electrons. The maximum absolute atomic E-state index is 7.57. The summed E-state index contributed by atoms with van der Waals surface area (Å²) < 4.78 is 0. The molecule has 0 aliphatic carbocycles. The minimum Gasteiger partial charge on any atom is -0.387 e. The Morgan fingerprint density at radius 3 is 2.40 bits per heavy atom. The maximum Gasteiger partial charge on any atom is 0.0963 e. The molecule has 0 spiro atoms. The molecule has 1 aromatic rings. The van der Waals surface area contributed by atoms with Crippen molar-refractivity contribution in [2.24, 2.45) is 11.1 Å². The molecule has 3 heteroatoms. The topological polar surface area (TPSA) is 53.1 Å². The zero-order valence-corrected chi connectivity index (χ0v) is 13.2. The highest BCUT2D eigenvalue weighted by Crippen LogP contribution is 2.22. The molecule has 3 nitrogen and oxygen atoms in total. The van der Waals surface area contributed by atoms with Crippen LogP contribution in [0.4, 0.5) is 0 Å². The molecule has 3 N–H and O–H groups in total. The molecule has 0 saturated carbocycles. The highest BCUT2D eigenvalue weighted by molar-refractivity contribution is 5.82. The Morgan fingerprint density at radius 2 is 1.85 bits per heavy atom. The van der Waals surface area contributed by atoms with Crippen molar-refractivity contribution in [1.29, 1.82) is 5.41 Å². The molecule has 0 aliphatic rings. The summed E-state index contributed by atoms with van der Waals surface area (Å²) in [5.74, 6) is 0.300. The quantitative estimate of drug-likeness (QED) is 0.411. The lowest BCUT2D eigenvalue weighted by Gasteiger charge is -2.24. The van der Waals surface area contributed by atoms with Gasteiger partial charge < -0.3 is 5.73 Å². The Morgan fingerprint density at radius 1 is 1.20 bits per heavy atom. The van der Waals surface area contributed by atoms with E-state index in [2.05, 4.69) is 56.0 Å². The van der Waals surface area contributed by atoms with Gasteiger partial charge in [0.2, 0.25) is 0 Å². The van der Waals surface area contributed by atoms with Crippen LogP contribution in [0, 0.1) is 10.8 Å². The molecule has 0 atom stereocenters. The molecular weight excluding hydrogens is 246 g/mol. The van der Waals surface area contributed by atoms with E-state index in [9.17, 15) is 0 Å². The molecule has 0 aliphatic heterocycles. The van der Waals surface area contributed by atoms with Crippen molar-refractivity contribution in [3.05, 3.63) is 35.9 Å². The molecule has 1 rings (SSSR count). The standard InChI is InChI=1S/C17H29N3/c1-4-20(14-15-10-6-5-7-11-15)13-9-8-12-17(2,3)16(18)19/h5-7,10-11H,4,8-9,12-14H2,1-3H3,(H3,18,19). The minimum absolute atomic E-state index is 0.156. The smallest absolute Gasteiger partial charge is 0.0963 e. The maximum atomic E-state index is 7.57.